The van der Waals surface area contributed by atoms with Crippen molar-refractivity contribution in [2.75, 3.05) is 20.1 Å². The Morgan fingerprint density at radius 1 is 1.29 bits per heavy atom. The van der Waals surface area contributed by atoms with Crippen LogP contribution in [0.15, 0.2) is 48.0 Å². The Bertz CT molecular complexity index is 940. The van der Waals surface area contributed by atoms with Crippen molar-refractivity contribution >= 4 is 33.7 Å². The summed E-state index contributed by atoms with van der Waals surface area (Å²) in [4.78, 5) is 15.7. The first-order chi connectivity index (χ1) is 11.6. The van der Waals surface area contributed by atoms with Crippen molar-refractivity contribution in [3.63, 3.8) is 0 Å². The fourth-order valence-electron chi connectivity index (χ4n) is 3.16. The second-order valence-corrected chi connectivity index (χ2v) is 7.05. The number of halogens is 1. The van der Waals surface area contributed by atoms with Crippen molar-refractivity contribution in [3.05, 3.63) is 64.2 Å². The van der Waals surface area contributed by atoms with E-state index in [1.165, 1.54) is 29.0 Å². The number of likely N-dealkylation sites (N-methyl/N-ethyl adjacent to an activating group) is 1. The first-order valence-corrected chi connectivity index (χ1v) is 8.78. The van der Waals surface area contributed by atoms with E-state index in [9.17, 15) is 9.18 Å². The van der Waals surface area contributed by atoms with Crippen LogP contribution < -0.4 is 0 Å². The number of fused-ring (bicyclic) bond motifs is 1. The lowest BCUT2D eigenvalue weighted by atomic mass is 9.99. The molecule has 3 nitrogen and oxygen atoms in total. The summed E-state index contributed by atoms with van der Waals surface area (Å²) in [6.07, 6.45) is 4.94. The molecule has 3 aromatic rings. The summed E-state index contributed by atoms with van der Waals surface area (Å²) in [5, 5.41) is 2.69. The molecule has 0 radical (unpaired) electrons. The number of carbonyl (C=O) groups is 1. The number of hydrogen-bond acceptors (Lipinski definition) is 3. The van der Waals surface area contributed by atoms with Gasteiger partial charge in [0.2, 0.25) is 0 Å². The number of benzene rings is 1. The largest absolute Gasteiger partial charge is 0.302 e. The van der Waals surface area contributed by atoms with Crippen LogP contribution in [0, 0.1) is 5.82 Å². The van der Waals surface area contributed by atoms with Crippen LogP contribution in [0.3, 0.4) is 0 Å². The zero-order valence-corrected chi connectivity index (χ0v) is 14.1. The highest BCUT2D eigenvalue weighted by molar-refractivity contribution is 7.12. The highest BCUT2D eigenvalue weighted by Crippen LogP contribution is 2.32. The molecular weight excluding hydrogens is 323 g/mol. The molecule has 2 aromatic heterocycles. The molecule has 4 rings (SSSR count). The van der Waals surface area contributed by atoms with E-state index in [-0.39, 0.29) is 11.7 Å². The van der Waals surface area contributed by atoms with Crippen molar-refractivity contribution in [2.24, 2.45) is 0 Å². The molecule has 1 aliphatic rings. The number of aromatic nitrogens is 1. The third kappa shape index (κ3) is 2.60. The molecule has 0 saturated carbocycles. The summed E-state index contributed by atoms with van der Waals surface area (Å²) < 4.78 is 15.5. The van der Waals surface area contributed by atoms with Crippen molar-refractivity contribution < 1.29 is 9.18 Å². The fourth-order valence-corrected chi connectivity index (χ4v) is 3.82. The summed E-state index contributed by atoms with van der Waals surface area (Å²) in [5.41, 5.74) is 2.90. The van der Waals surface area contributed by atoms with Gasteiger partial charge in [0.15, 0.2) is 0 Å². The van der Waals surface area contributed by atoms with Crippen LogP contribution in [0.25, 0.3) is 16.5 Å². The van der Waals surface area contributed by atoms with Gasteiger partial charge in [-0.05, 0) is 48.7 Å². The van der Waals surface area contributed by atoms with E-state index < -0.39 is 0 Å². The molecule has 0 amide bonds. The molecule has 122 valence electrons. The minimum atomic E-state index is -0.279. The smallest absolute Gasteiger partial charge is 0.272 e. The molecule has 1 aromatic carbocycles. The number of nitrogens with zero attached hydrogens (tertiary/aromatic N) is 2. The van der Waals surface area contributed by atoms with Crippen LogP contribution in [-0.4, -0.2) is 35.5 Å². The second kappa shape index (κ2) is 6.00. The van der Waals surface area contributed by atoms with Gasteiger partial charge in [0.25, 0.3) is 5.91 Å². The van der Waals surface area contributed by atoms with Crippen LogP contribution in [0.1, 0.15) is 21.7 Å². The van der Waals surface area contributed by atoms with E-state index in [1.807, 2.05) is 23.7 Å². The van der Waals surface area contributed by atoms with Crippen LogP contribution in [0.4, 0.5) is 4.39 Å². The first-order valence-electron chi connectivity index (χ1n) is 7.90. The average Bonchev–Trinajstić information content (AvgIpc) is 3.22. The van der Waals surface area contributed by atoms with Gasteiger partial charge in [0.05, 0.1) is 10.4 Å². The van der Waals surface area contributed by atoms with Crippen LogP contribution in [-0.2, 0) is 0 Å². The van der Waals surface area contributed by atoms with Gasteiger partial charge in [-0.25, -0.2) is 4.39 Å². The summed E-state index contributed by atoms with van der Waals surface area (Å²) in [6, 6.07) is 8.31. The molecule has 5 heteroatoms. The maximum absolute atomic E-state index is 13.8. The fraction of sp³-hybridized carbons (Fsp3) is 0.211. The minimum Gasteiger partial charge on any atom is -0.302 e. The van der Waals surface area contributed by atoms with Gasteiger partial charge in [0, 0.05) is 30.2 Å². The van der Waals surface area contributed by atoms with Crippen molar-refractivity contribution in [1.29, 1.82) is 0 Å². The van der Waals surface area contributed by atoms with E-state index in [1.54, 1.807) is 10.6 Å². The van der Waals surface area contributed by atoms with Gasteiger partial charge in [-0.2, -0.15) is 0 Å². The molecule has 3 heterocycles. The van der Waals surface area contributed by atoms with Gasteiger partial charge in [-0.15, -0.1) is 11.3 Å². The lowest BCUT2D eigenvalue weighted by molar-refractivity contribution is 0.0969. The third-order valence-electron chi connectivity index (χ3n) is 4.48. The van der Waals surface area contributed by atoms with Crippen LogP contribution in [0.2, 0.25) is 0 Å². The quantitative estimate of drug-likeness (QED) is 0.697. The average molecular weight is 340 g/mol. The summed E-state index contributed by atoms with van der Waals surface area (Å²) in [7, 11) is 2.08. The molecule has 0 saturated heterocycles. The second-order valence-electron chi connectivity index (χ2n) is 6.10. The van der Waals surface area contributed by atoms with Gasteiger partial charge in [-0.3, -0.25) is 9.36 Å². The normalized spacial score (nSPS) is 15.7. The number of hydrogen-bond donors (Lipinski definition) is 0. The molecule has 1 aliphatic heterocycles. The van der Waals surface area contributed by atoms with Gasteiger partial charge < -0.3 is 4.90 Å². The summed E-state index contributed by atoms with van der Waals surface area (Å²) >= 11 is 1.42. The third-order valence-corrected chi connectivity index (χ3v) is 5.33. The van der Waals surface area contributed by atoms with Gasteiger partial charge >= 0.3 is 0 Å². The van der Waals surface area contributed by atoms with E-state index in [0.29, 0.717) is 4.88 Å². The SMILES string of the molecule is CN1CC=C(c2cn(C(=O)c3cccs3)c3ccc(F)cc23)CC1. The molecule has 0 bridgehead atoms. The molecule has 0 unspecified atom stereocenters. The van der Waals surface area contributed by atoms with Gasteiger partial charge in [0.1, 0.15) is 5.82 Å². The van der Waals surface area contributed by atoms with Crippen molar-refractivity contribution in [3.8, 4) is 0 Å². The van der Waals surface area contributed by atoms with Crippen LogP contribution in [0.5, 0.6) is 0 Å². The predicted molar refractivity (Wildman–Crippen MR) is 96.0 cm³/mol. The molecule has 0 atom stereocenters. The Kier molecular flexibility index (Phi) is 3.82. The lowest BCUT2D eigenvalue weighted by Crippen LogP contribution is -2.23. The molecule has 0 aliphatic carbocycles. The highest BCUT2D eigenvalue weighted by atomic mass is 32.1. The summed E-state index contributed by atoms with van der Waals surface area (Å²) in [5.74, 6) is -0.347. The minimum absolute atomic E-state index is 0.0682. The number of carbonyl (C=O) groups excluding carboxylic acids is 1. The molecule has 0 N–H and O–H groups in total. The predicted octanol–water partition coefficient (Wildman–Crippen LogP) is 4.25. The van der Waals surface area contributed by atoms with Crippen LogP contribution >= 0.6 is 11.3 Å². The molecule has 24 heavy (non-hydrogen) atoms. The van der Waals surface area contributed by atoms with E-state index in [0.717, 1.165) is 36.0 Å². The number of thiophene rings is 1. The Hall–Kier alpha value is -2.24. The maximum Gasteiger partial charge on any atom is 0.272 e. The Morgan fingerprint density at radius 3 is 2.88 bits per heavy atom. The van der Waals surface area contributed by atoms with Gasteiger partial charge in [-0.1, -0.05) is 12.1 Å². The monoisotopic (exact) mass is 340 g/mol. The number of rotatable bonds is 2. The molecule has 0 spiro atoms. The highest BCUT2D eigenvalue weighted by Gasteiger charge is 2.20. The Balaban J connectivity index is 1.88. The topological polar surface area (TPSA) is 25.2 Å². The first kappa shape index (κ1) is 15.3. The van der Waals surface area contributed by atoms with Crippen molar-refractivity contribution in [1.82, 2.24) is 9.47 Å². The molecular formula is C19H17FN2OS. The maximum atomic E-state index is 13.8. The van der Waals surface area contributed by atoms with E-state index in [2.05, 4.69) is 18.0 Å². The zero-order chi connectivity index (χ0) is 16.7. The standard InChI is InChI=1S/C19H17FN2OS/c1-21-8-6-13(7-9-21)16-12-22(19(23)18-3-2-10-24-18)17-5-4-14(20)11-15(16)17/h2-6,10-12H,7-9H2,1H3. The Labute approximate surface area is 143 Å². The zero-order valence-electron chi connectivity index (χ0n) is 13.3. The van der Waals surface area contributed by atoms with E-state index in [4.69, 9.17) is 0 Å². The molecule has 0 fully saturated rings. The summed E-state index contributed by atoms with van der Waals surface area (Å²) in [6.45, 7) is 1.84. The van der Waals surface area contributed by atoms with Crippen molar-refractivity contribution in [2.45, 2.75) is 6.42 Å². The Morgan fingerprint density at radius 2 is 2.17 bits per heavy atom. The van der Waals surface area contributed by atoms with E-state index >= 15 is 0 Å². The lowest BCUT2D eigenvalue weighted by Gasteiger charge is -2.21.